The highest BCUT2D eigenvalue weighted by Gasteiger charge is 2.30. The number of nitrogens with two attached hydrogens (primary N) is 1. The fraction of sp³-hybridized carbons (Fsp3) is 0.417. The molecule has 0 aromatic heterocycles. The molecule has 0 radical (unpaired) electrons. The molecule has 0 aliphatic carbocycles. The van der Waals surface area contributed by atoms with Crippen LogP contribution in [0, 0.1) is 3.57 Å². The minimum atomic E-state index is -0.958. The fourth-order valence-electron chi connectivity index (χ4n) is 1.44. The SMILES string of the molecule is CCOC(=O)[C@@](C)(N)Cc1cccc(I)c1. The molecular weight excluding hydrogens is 317 g/mol. The van der Waals surface area contributed by atoms with Crippen molar-refractivity contribution >= 4 is 28.6 Å². The van der Waals surface area contributed by atoms with Gasteiger partial charge in [-0.15, -0.1) is 0 Å². The Hall–Kier alpha value is -0.620. The summed E-state index contributed by atoms with van der Waals surface area (Å²) in [6.07, 6.45) is 0.489. The van der Waals surface area contributed by atoms with Gasteiger partial charge in [0.25, 0.3) is 0 Å². The van der Waals surface area contributed by atoms with Crippen LogP contribution in [0.5, 0.6) is 0 Å². The van der Waals surface area contributed by atoms with Crippen molar-refractivity contribution in [2.75, 3.05) is 6.61 Å². The van der Waals surface area contributed by atoms with Gasteiger partial charge in [-0.1, -0.05) is 12.1 Å². The maximum atomic E-state index is 11.6. The van der Waals surface area contributed by atoms with Gasteiger partial charge in [-0.05, 0) is 54.1 Å². The Bertz CT molecular complexity index is 377. The molecule has 0 fully saturated rings. The first kappa shape index (κ1) is 13.4. The second kappa shape index (κ2) is 5.63. The lowest BCUT2D eigenvalue weighted by atomic mass is 9.94. The van der Waals surface area contributed by atoms with E-state index in [0.717, 1.165) is 9.13 Å². The molecule has 0 amide bonds. The largest absolute Gasteiger partial charge is 0.465 e. The summed E-state index contributed by atoms with van der Waals surface area (Å²) < 4.78 is 6.08. The Labute approximate surface area is 109 Å². The van der Waals surface area contributed by atoms with Crippen LogP contribution >= 0.6 is 22.6 Å². The Morgan fingerprint density at radius 2 is 2.25 bits per heavy atom. The summed E-state index contributed by atoms with van der Waals surface area (Å²) in [5.74, 6) is -0.353. The number of ether oxygens (including phenoxy) is 1. The molecule has 88 valence electrons. The monoisotopic (exact) mass is 333 g/mol. The van der Waals surface area contributed by atoms with Crippen molar-refractivity contribution in [2.45, 2.75) is 25.8 Å². The van der Waals surface area contributed by atoms with Gasteiger partial charge < -0.3 is 10.5 Å². The number of hydrogen-bond donors (Lipinski definition) is 1. The summed E-state index contributed by atoms with van der Waals surface area (Å²) in [5, 5.41) is 0. The van der Waals surface area contributed by atoms with Gasteiger partial charge in [0.05, 0.1) is 6.61 Å². The number of benzene rings is 1. The zero-order valence-electron chi connectivity index (χ0n) is 9.50. The van der Waals surface area contributed by atoms with E-state index in [1.54, 1.807) is 13.8 Å². The summed E-state index contributed by atoms with van der Waals surface area (Å²) in [6, 6.07) is 7.94. The average molecular weight is 333 g/mol. The maximum Gasteiger partial charge on any atom is 0.326 e. The van der Waals surface area contributed by atoms with E-state index in [-0.39, 0.29) is 5.97 Å². The fourth-order valence-corrected chi connectivity index (χ4v) is 2.05. The molecule has 0 aliphatic rings. The minimum Gasteiger partial charge on any atom is -0.465 e. The summed E-state index contributed by atoms with van der Waals surface area (Å²) in [5.41, 5.74) is 6.04. The first-order valence-electron chi connectivity index (χ1n) is 5.16. The molecule has 16 heavy (non-hydrogen) atoms. The minimum absolute atomic E-state index is 0.353. The second-order valence-electron chi connectivity index (χ2n) is 3.94. The van der Waals surface area contributed by atoms with Crippen LogP contribution in [-0.2, 0) is 16.0 Å². The highest BCUT2D eigenvalue weighted by Crippen LogP contribution is 2.15. The first-order chi connectivity index (χ1) is 7.45. The Balaban J connectivity index is 2.75. The topological polar surface area (TPSA) is 52.3 Å². The lowest BCUT2D eigenvalue weighted by Crippen LogP contribution is -2.48. The van der Waals surface area contributed by atoms with E-state index in [4.69, 9.17) is 10.5 Å². The van der Waals surface area contributed by atoms with Crippen molar-refractivity contribution in [1.29, 1.82) is 0 Å². The van der Waals surface area contributed by atoms with E-state index in [2.05, 4.69) is 22.6 Å². The van der Waals surface area contributed by atoms with Crippen molar-refractivity contribution in [3.63, 3.8) is 0 Å². The molecule has 0 unspecified atom stereocenters. The number of rotatable bonds is 4. The third-order valence-electron chi connectivity index (χ3n) is 2.20. The highest BCUT2D eigenvalue weighted by molar-refractivity contribution is 14.1. The van der Waals surface area contributed by atoms with Gasteiger partial charge in [-0.3, -0.25) is 4.79 Å². The zero-order chi connectivity index (χ0) is 12.2. The lowest BCUT2D eigenvalue weighted by Gasteiger charge is -2.22. The van der Waals surface area contributed by atoms with E-state index in [1.165, 1.54) is 0 Å². The third kappa shape index (κ3) is 3.75. The third-order valence-corrected chi connectivity index (χ3v) is 2.87. The zero-order valence-corrected chi connectivity index (χ0v) is 11.7. The summed E-state index contributed by atoms with van der Waals surface area (Å²) in [4.78, 5) is 11.6. The van der Waals surface area contributed by atoms with Crippen LogP contribution in [0.3, 0.4) is 0 Å². The summed E-state index contributed by atoms with van der Waals surface area (Å²) in [6.45, 7) is 3.84. The molecule has 0 saturated heterocycles. The molecule has 0 saturated carbocycles. The molecule has 2 N–H and O–H groups in total. The number of carbonyl (C=O) groups excluding carboxylic acids is 1. The van der Waals surface area contributed by atoms with E-state index in [1.807, 2.05) is 24.3 Å². The van der Waals surface area contributed by atoms with Crippen LogP contribution in [0.1, 0.15) is 19.4 Å². The Morgan fingerprint density at radius 1 is 1.56 bits per heavy atom. The van der Waals surface area contributed by atoms with Gasteiger partial charge in [0.2, 0.25) is 0 Å². The van der Waals surface area contributed by atoms with E-state index >= 15 is 0 Å². The van der Waals surface area contributed by atoms with Crippen molar-refractivity contribution < 1.29 is 9.53 Å². The van der Waals surface area contributed by atoms with Crippen LogP contribution in [-0.4, -0.2) is 18.1 Å². The van der Waals surface area contributed by atoms with Gasteiger partial charge in [0.1, 0.15) is 5.54 Å². The van der Waals surface area contributed by atoms with Crippen molar-refractivity contribution in [3.8, 4) is 0 Å². The average Bonchev–Trinajstić information content (AvgIpc) is 2.17. The Kier molecular flexibility index (Phi) is 4.73. The van der Waals surface area contributed by atoms with E-state index in [9.17, 15) is 4.79 Å². The number of carbonyl (C=O) groups is 1. The highest BCUT2D eigenvalue weighted by atomic mass is 127. The smallest absolute Gasteiger partial charge is 0.326 e. The second-order valence-corrected chi connectivity index (χ2v) is 5.19. The Morgan fingerprint density at radius 3 is 2.81 bits per heavy atom. The molecule has 0 heterocycles. The van der Waals surface area contributed by atoms with Crippen molar-refractivity contribution in [2.24, 2.45) is 5.73 Å². The van der Waals surface area contributed by atoms with Crippen LogP contribution in [0.2, 0.25) is 0 Å². The van der Waals surface area contributed by atoms with Gasteiger partial charge in [-0.25, -0.2) is 0 Å². The molecule has 1 atom stereocenters. The molecule has 0 spiro atoms. The molecule has 4 heteroatoms. The first-order valence-corrected chi connectivity index (χ1v) is 6.24. The predicted molar refractivity (Wildman–Crippen MR) is 72.1 cm³/mol. The lowest BCUT2D eigenvalue weighted by molar-refractivity contribution is -0.148. The van der Waals surface area contributed by atoms with Crippen LogP contribution in [0.25, 0.3) is 0 Å². The number of halogens is 1. The number of esters is 1. The van der Waals surface area contributed by atoms with Crippen molar-refractivity contribution in [1.82, 2.24) is 0 Å². The quantitative estimate of drug-likeness (QED) is 0.678. The molecule has 1 aromatic carbocycles. The van der Waals surface area contributed by atoms with Gasteiger partial charge in [-0.2, -0.15) is 0 Å². The van der Waals surface area contributed by atoms with Gasteiger partial charge in [0.15, 0.2) is 0 Å². The molecule has 1 aromatic rings. The molecule has 3 nitrogen and oxygen atoms in total. The van der Waals surface area contributed by atoms with Gasteiger partial charge >= 0.3 is 5.97 Å². The predicted octanol–water partition coefficient (Wildman–Crippen LogP) is 2.11. The standard InChI is InChI=1S/C12H16INO2/c1-3-16-11(15)12(2,14)8-9-5-4-6-10(13)7-9/h4-7H,3,8,14H2,1-2H3/t12-/m0/s1. The van der Waals surface area contributed by atoms with E-state index < -0.39 is 5.54 Å². The van der Waals surface area contributed by atoms with Gasteiger partial charge in [0, 0.05) is 9.99 Å². The molecular formula is C12H16INO2. The number of hydrogen-bond acceptors (Lipinski definition) is 3. The van der Waals surface area contributed by atoms with Crippen LogP contribution < -0.4 is 5.73 Å². The molecule has 1 rings (SSSR count). The summed E-state index contributed by atoms with van der Waals surface area (Å²) >= 11 is 2.23. The van der Waals surface area contributed by atoms with Crippen molar-refractivity contribution in [3.05, 3.63) is 33.4 Å². The maximum absolute atomic E-state index is 11.6. The summed E-state index contributed by atoms with van der Waals surface area (Å²) in [7, 11) is 0. The van der Waals surface area contributed by atoms with Crippen LogP contribution in [0.15, 0.2) is 24.3 Å². The van der Waals surface area contributed by atoms with E-state index in [0.29, 0.717) is 13.0 Å². The van der Waals surface area contributed by atoms with Crippen LogP contribution in [0.4, 0.5) is 0 Å². The molecule has 0 aliphatic heterocycles. The normalized spacial score (nSPS) is 14.2. The molecule has 0 bridgehead atoms.